The van der Waals surface area contributed by atoms with E-state index >= 15 is 0 Å². The summed E-state index contributed by atoms with van der Waals surface area (Å²) in [6, 6.07) is 10.9. The van der Waals surface area contributed by atoms with Crippen molar-refractivity contribution in [3.05, 3.63) is 51.8 Å². The van der Waals surface area contributed by atoms with Gasteiger partial charge in [0.1, 0.15) is 0 Å². The Morgan fingerprint density at radius 1 is 1.37 bits per heavy atom. The van der Waals surface area contributed by atoms with Crippen molar-refractivity contribution in [2.24, 2.45) is 0 Å². The van der Waals surface area contributed by atoms with Crippen LogP contribution < -0.4 is 5.32 Å². The molecule has 0 spiro atoms. The van der Waals surface area contributed by atoms with Crippen molar-refractivity contribution in [2.45, 2.75) is 39.9 Å². The molecular formula is C15H20BrN3. The monoisotopic (exact) mass is 321 g/mol. The van der Waals surface area contributed by atoms with Crippen LogP contribution in [0.2, 0.25) is 0 Å². The number of rotatable bonds is 5. The lowest BCUT2D eigenvalue weighted by Gasteiger charge is -2.15. The molecule has 3 nitrogen and oxygen atoms in total. The molecule has 0 saturated carbocycles. The van der Waals surface area contributed by atoms with Crippen LogP contribution in [0.5, 0.6) is 0 Å². The largest absolute Gasteiger partial charge is 0.305 e. The molecule has 1 heterocycles. The second-order valence-corrected chi connectivity index (χ2v) is 5.67. The maximum atomic E-state index is 4.46. The minimum atomic E-state index is 0.318. The molecule has 0 amide bonds. The number of benzene rings is 1. The molecule has 0 saturated heterocycles. The van der Waals surface area contributed by atoms with Gasteiger partial charge >= 0.3 is 0 Å². The Morgan fingerprint density at radius 3 is 2.84 bits per heavy atom. The van der Waals surface area contributed by atoms with Gasteiger partial charge in [-0.05, 0) is 44.5 Å². The average molecular weight is 322 g/mol. The first-order chi connectivity index (χ1) is 9.10. The summed E-state index contributed by atoms with van der Waals surface area (Å²) in [6.07, 6.45) is 0. The molecule has 4 heteroatoms. The van der Waals surface area contributed by atoms with Crippen molar-refractivity contribution in [3.63, 3.8) is 0 Å². The lowest BCUT2D eigenvalue weighted by molar-refractivity contribution is 0.531. The summed E-state index contributed by atoms with van der Waals surface area (Å²) in [7, 11) is 0. The summed E-state index contributed by atoms with van der Waals surface area (Å²) in [6.45, 7) is 8.08. The highest BCUT2D eigenvalue weighted by Gasteiger charge is 2.08. The Balaban J connectivity index is 2.02. The lowest BCUT2D eigenvalue weighted by atomic mass is 10.1. The molecule has 1 aromatic heterocycles. The summed E-state index contributed by atoms with van der Waals surface area (Å²) in [5.74, 6) is 0. The number of aryl methyl sites for hydroxylation is 2. The zero-order valence-electron chi connectivity index (χ0n) is 11.7. The third-order valence-electron chi connectivity index (χ3n) is 3.22. The van der Waals surface area contributed by atoms with Crippen LogP contribution in [-0.2, 0) is 13.1 Å². The van der Waals surface area contributed by atoms with Gasteiger partial charge in [0.25, 0.3) is 0 Å². The van der Waals surface area contributed by atoms with Crippen molar-refractivity contribution in [2.75, 3.05) is 0 Å². The number of hydrogen-bond donors (Lipinski definition) is 1. The first-order valence-corrected chi connectivity index (χ1v) is 7.41. The van der Waals surface area contributed by atoms with Crippen LogP contribution >= 0.6 is 15.9 Å². The number of nitrogens with one attached hydrogen (secondary N) is 1. The highest BCUT2D eigenvalue weighted by Crippen LogP contribution is 2.18. The van der Waals surface area contributed by atoms with Gasteiger partial charge in [0.2, 0.25) is 0 Å². The zero-order chi connectivity index (χ0) is 13.8. The van der Waals surface area contributed by atoms with Crippen LogP contribution in [0.4, 0.5) is 0 Å². The van der Waals surface area contributed by atoms with E-state index in [2.05, 4.69) is 69.1 Å². The van der Waals surface area contributed by atoms with Gasteiger partial charge in [-0.25, -0.2) is 0 Å². The molecule has 2 aromatic rings. The van der Waals surface area contributed by atoms with Crippen molar-refractivity contribution < 1.29 is 0 Å². The van der Waals surface area contributed by atoms with E-state index in [1.165, 1.54) is 11.3 Å². The van der Waals surface area contributed by atoms with E-state index < -0.39 is 0 Å². The summed E-state index contributed by atoms with van der Waals surface area (Å²) in [5.41, 5.74) is 3.60. The molecule has 1 aromatic carbocycles. The van der Waals surface area contributed by atoms with E-state index in [-0.39, 0.29) is 0 Å². The first-order valence-electron chi connectivity index (χ1n) is 6.62. The number of halogens is 1. The summed E-state index contributed by atoms with van der Waals surface area (Å²) < 4.78 is 3.17. The average Bonchev–Trinajstić information content (AvgIpc) is 2.76. The lowest BCUT2D eigenvalue weighted by Crippen LogP contribution is -2.20. The Bertz CT molecular complexity index is 548. The molecule has 0 aliphatic heterocycles. The number of aromatic nitrogens is 2. The van der Waals surface area contributed by atoms with Gasteiger partial charge in [0, 0.05) is 23.6 Å². The van der Waals surface area contributed by atoms with Crippen molar-refractivity contribution in [3.8, 4) is 0 Å². The molecular weight excluding hydrogens is 302 g/mol. The summed E-state index contributed by atoms with van der Waals surface area (Å²) >= 11 is 3.51. The predicted molar refractivity (Wildman–Crippen MR) is 82.0 cm³/mol. The molecule has 1 N–H and O–H groups in total. The zero-order valence-corrected chi connectivity index (χ0v) is 13.2. The number of hydrogen-bond acceptors (Lipinski definition) is 2. The van der Waals surface area contributed by atoms with Gasteiger partial charge in [-0.15, -0.1) is 0 Å². The third-order valence-corrected chi connectivity index (χ3v) is 3.72. The third kappa shape index (κ3) is 3.67. The topological polar surface area (TPSA) is 29.9 Å². The van der Waals surface area contributed by atoms with Crippen LogP contribution in [0, 0.1) is 6.92 Å². The molecule has 0 radical (unpaired) electrons. The quantitative estimate of drug-likeness (QED) is 0.907. The molecule has 0 unspecified atom stereocenters. The molecule has 0 aliphatic rings. The smallest absolute Gasteiger partial charge is 0.0597 e. The second kappa shape index (κ2) is 6.35. The molecule has 0 fully saturated rings. The van der Waals surface area contributed by atoms with Gasteiger partial charge < -0.3 is 5.32 Å². The highest BCUT2D eigenvalue weighted by atomic mass is 79.9. The first kappa shape index (κ1) is 14.3. The van der Waals surface area contributed by atoms with Gasteiger partial charge in [-0.2, -0.15) is 5.10 Å². The molecule has 19 heavy (non-hydrogen) atoms. The van der Waals surface area contributed by atoms with Crippen LogP contribution in [-0.4, -0.2) is 9.78 Å². The molecule has 102 valence electrons. The maximum Gasteiger partial charge on any atom is 0.0597 e. The standard InChI is InChI=1S/C15H20BrN3/c1-4-19-15(8-11(2)18-19)10-17-12(3)13-6-5-7-14(16)9-13/h5-9,12,17H,4,10H2,1-3H3/t12-/m1/s1. The summed E-state index contributed by atoms with van der Waals surface area (Å²) in [4.78, 5) is 0. The Hall–Kier alpha value is -1.13. The van der Waals surface area contributed by atoms with Crippen LogP contribution in [0.3, 0.4) is 0 Å². The maximum absolute atomic E-state index is 4.46. The van der Waals surface area contributed by atoms with Crippen LogP contribution in [0.15, 0.2) is 34.8 Å². The van der Waals surface area contributed by atoms with E-state index in [0.717, 1.165) is 23.3 Å². The normalized spacial score (nSPS) is 12.6. The minimum Gasteiger partial charge on any atom is -0.305 e. The Labute approximate surface area is 123 Å². The van der Waals surface area contributed by atoms with E-state index in [9.17, 15) is 0 Å². The van der Waals surface area contributed by atoms with E-state index in [1.54, 1.807) is 0 Å². The fourth-order valence-electron chi connectivity index (χ4n) is 2.17. The van der Waals surface area contributed by atoms with Crippen LogP contribution in [0.25, 0.3) is 0 Å². The summed E-state index contributed by atoms with van der Waals surface area (Å²) in [5, 5.41) is 8.01. The van der Waals surface area contributed by atoms with Crippen molar-refractivity contribution in [1.29, 1.82) is 0 Å². The SMILES string of the molecule is CCn1nc(C)cc1CN[C@H](C)c1cccc(Br)c1. The fourth-order valence-corrected chi connectivity index (χ4v) is 2.58. The van der Waals surface area contributed by atoms with Gasteiger partial charge in [-0.3, -0.25) is 4.68 Å². The van der Waals surface area contributed by atoms with Gasteiger partial charge in [-0.1, -0.05) is 28.1 Å². The van der Waals surface area contributed by atoms with Crippen molar-refractivity contribution in [1.82, 2.24) is 15.1 Å². The van der Waals surface area contributed by atoms with Crippen LogP contribution in [0.1, 0.15) is 36.8 Å². The van der Waals surface area contributed by atoms with E-state index in [4.69, 9.17) is 0 Å². The predicted octanol–water partition coefficient (Wildman–Crippen LogP) is 3.82. The molecule has 2 rings (SSSR count). The van der Waals surface area contributed by atoms with E-state index in [1.807, 2.05) is 13.0 Å². The Kier molecular flexibility index (Phi) is 4.77. The van der Waals surface area contributed by atoms with Crippen molar-refractivity contribution >= 4 is 15.9 Å². The number of nitrogens with zero attached hydrogens (tertiary/aromatic N) is 2. The molecule has 0 aliphatic carbocycles. The Morgan fingerprint density at radius 2 is 2.16 bits per heavy atom. The highest BCUT2D eigenvalue weighted by molar-refractivity contribution is 9.10. The minimum absolute atomic E-state index is 0.318. The van der Waals surface area contributed by atoms with Gasteiger partial charge in [0.15, 0.2) is 0 Å². The van der Waals surface area contributed by atoms with E-state index in [0.29, 0.717) is 6.04 Å². The fraction of sp³-hybridized carbons (Fsp3) is 0.400. The molecule has 0 bridgehead atoms. The second-order valence-electron chi connectivity index (χ2n) is 4.75. The van der Waals surface area contributed by atoms with Gasteiger partial charge in [0.05, 0.1) is 11.4 Å². The molecule has 1 atom stereocenters.